The fraction of sp³-hybridized carbons (Fsp3) is 0.448. The van der Waals surface area contributed by atoms with Gasteiger partial charge < -0.3 is 26.0 Å². The van der Waals surface area contributed by atoms with E-state index in [0.29, 0.717) is 22.7 Å². The van der Waals surface area contributed by atoms with Gasteiger partial charge in [-0.15, -0.1) is 0 Å². The Morgan fingerprint density at radius 1 is 1.08 bits per heavy atom. The third-order valence-corrected chi connectivity index (χ3v) is 6.38. The Hall–Kier alpha value is -3.59. The summed E-state index contributed by atoms with van der Waals surface area (Å²) in [6, 6.07) is 9.57. The van der Waals surface area contributed by atoms with Crippen LogP contribution in [-0.2, 0) is 19.1 Å². The van der Waals surface area contributed by atoms with Gasteiger partial charge in [-0.2, -0.15) is 0 Å². The Kier molecular flexibility index (Phi) is 10.9. The highest BCUT2D eigenvalue weighted by Gasteiger charge is 2.39. The lowest BCUT2D eigenvalue weighted by Crippen LogP contribution is -2.55. The summed E-state index contributed by atoms with van der Waals surface area (Å²) < 4.78 is 5.31. The molecule has 3 unspecified atom stereocenters. The van der Waals surface area contributed by atoms with E-state index in [4.69, 9.17) is 22.1 Å². The van der Waals surface area contributed by atoms with E-state index in [-0.39, 0.29) is 0 Å². The number of anilines is 1. The molecule has 0 saturated heterocycles. The fourth-order valence-corrected chi connectivity index (χ4v) is 4.36. The quantitative estimate of drug-likeness (QED) is 0.376. The van der Waals surface area contributed by atoms with Crippen LogP contribution in [0.25, 0.3) is 0 Å². The van der Waals surface area contributed by atoms with Crippen LogP contribution in [0.2, 0.25) is 5.02 Å². The van der Waals surface area contributed by atoms with Crippen molar-refractivity contribution in [3.05, 3.63) is 64.2 Å². The summed E-state index contributed by atoms with van der Waals surface area (Å²) in [5.41, 5.74) is 7.23. The van der Waals surface area contributed by atoms with Crippen molar-refractivity contribution in [1.29, 1.82) is 0 Å². The van der Waals surface area contributed by atoms with Crippen LogP contribution in [0.4, 0.5) is 10.5 Å². The topological polar surface area (TPSA) is 131 Å². The molecule has 2 rings (SSSR count). The lowest BCUT2D eigenvalue weighted by atomic mass is 9.97. The minimum atomic E-state index is -1.35. The average molecular weight is 559 g/mol. The van der Waals surface area contributed by atoms with Crippen molar-refractivity contribution < 1.29 is 23.9 Å². The number of nitrogens with two attached hydrogens (primary N) is 1. The number of ether oxygens (including phenoxy) is 1. The van der Waals surface area contributed by atoms with E-state index >= 15 is 0 Å². The summed E-state index contributed by atoms with van der Waals surface area (Å²) in [6.45, 7) is 12.4. The molecule has 4 amide bonds. The molecular weight excluding hydrogens is 520 g/mol. The van der Waals surface area contributed by atoms with Crippen molar-refractivity contribution in [2.45, 2.75) is 85.0 Å². The van der Waals surface area contributed by atoms with Crippen LogP contribution in [0.3, 0.4) is 0 Å². The van der Waals surface area contributed by atoms with Crippen molar-refractivity contribution in [2.75, 3.05) is 5.32 Å². The zero-order valence-electron chi connectivity index (χ0n) is 23.6. The largest absolute Gasteiger partial charge is 0.444 e. The lowest BCUT2D eigenvalue weighted by Gasteiger charge is -2.38. The van der Waals surface area contributed by atoms with Crippen LogP contribution in [0, 0.1) is 13.8 Å². The van der Waals surface area contributed by atoms with Gasteiger partial charge in [0.05, 0.1) is 17.1 Å². The minimum Gasteiger partial charge on any atom is -0.444 e. The molecule has 212 valence electrons. The molecule has 0 fully saturated rings. The molecule has 4 N–H and O–H groups in total. The fourth-order valence-electron chi connectivity index (χ4n) is 4.09. The first-order valence-electron chi connectivity index (χ1n) is 12.9. The van der Waals surface area contributed by atoms with Gasteiger partial charge in [-0.1, -0.05) is 60.5 Å². The molecule has 0 aromatic heterocycles. The summed E-state index contributed by atoms with van der Waals surface area (Å²) >= 11 is 6.39. The first-order chi connectivity index (χ1) is 18.1. The number of rotatable bonds is 10. The number of aryl methyl sites for hydroxylation is 2. The Labute approximate surface area is 235 Å². The normalized spacial score (nSPS) is 13.5. The third kappa shape index (κ3) is 8.99. The van der Waals surface area contributed by atoms with Gasteiger partial charge in [0.1, 0.15) is 17.7 Å². The van der Waals surface area contributed by atoms with Gasteiger partial charge in [-0.3, -0.25) is 14.4 Å². The maximum absolute atomic E-state index is 14.1. The Morgan fingerprint density at radius 3 is 2.26 bits per heavy atom. The second-order valence-corrected chi connectivity index (χ2v) is 11.0. The Balaban J connectivity index is 2.62. The van der Waals surface area contributed by atoms with Crippen LogP contribution < -0.4 is 16.4 Å². The van der Waals surface area contributed by atoms with Crippen LogP contribution in [-0.4, -0.2) is 46.4 Å². The number of nitrogens with zero attached hydrogens (tertiary/aromatic N) is 1. The van der Waals surface area contributed by atoms with E-state index in [0.717, 1.165) is 11.1 Å². The number of amides is 4. The highest BCUT2D eigenvalue weighted by Crippen LogP contribution is 2.31. The van der Waals surface area contributed by atoms with Crippen molar-refractivity contribution >= 4 is 41.1 Å². The number of nitrogens with one attached hydrogen (secondary N) is 2. The van der Waals surface area contributed by atoms with Gasteiger partial charge in [0.2, 0.25) is 11.8 Å². The molecule has 0 saturated carbocycles. The smallest absolute Gasteiger partial charge is 0.408 e. The summed E-state index contributed by atoms with van der Waals surface area (Å²) in [7, 11) is 0. The van der Waals surface area contributed by atoms with Crippen molar-refractivity contribution in [1.82, 2.24) is 10.2 Å². The number of primary amides is 1. The SMILES string of the molecule is CCC(C)N(C(=O)C(CC(N)=O)NC(=O)OC(C)(C)C)C(C(=O)Nc1c(C)cccc1Cl)c1cccc(C)c1. The van der Waals surface area contributed by atoms with Gasteiger partial charge in [0, 0.05) is 6.04 Å². The molecule has 0 spiro atoms. The molecular formula is C29H39ClN4O5. The molecule has 0 heterocycles. The van der Waals surface area contributed by atoms with E-state index in [9.17, 15) is 19.2 Å². The number of para-hydroxylation sites is 1. The van der Waals surface area contributed by atoms with E-state index < -0.39 is 54.0 Å². The maximum atomic E-state index is 14.1. The summed E-state index contributed by atoms with van der Waals surface area (Å²) in [6.07, 6.45) is -0.867. The van der Waals surface area contributed by atoms with Crippen LogP contribution in [0.5, 0.6) is 0 Å². The second kappa shape index (κ2) is 13.5. The van der Waals surface area contributed by atoms with Crippen LogP contribution >= 0.6 is 11.6 Å². The predicted molar refractivity (Wildman–Crippen MR) is 152 cm³/mol. The van der Waals surface area contributed by atoms with Crippen molar-refractivity contribution in [3.8, 4) is 0 Å². The van der Waals surface area contributed by atoms with E-state index in [1.165, 1.54) is 4.90 Å². The molecule has 10 heteroatoms. The van der Waals surface area contributed by atoms with Gasteiger partial charge in [0.15, 0.2) is 0 Å². The van der Waals surface area contributed by atoms with Gasteiger partial charge in [-0.05, 0) is 65.2 Å². The van der Waals surface area contributed by atoms with Crippen molar-refractivity contribution in [3.63, 3.8) is 0 Å². The van der Waals surface area contributed by atoms with Gasteiger partial charge >= 0.3 is 6.09 Å². The minimum absolute atomic E-state index is 0.353. The Bertz CT molecular complexity index is 1190. The number of halogens is 1. The zero-order chi connectivity index (χ0) is 29.5. The molecule has 9 nitrogen and oxygen atoms in total. The predicted octanol–water partition coefficient (Wildman–Crippen LogP) is 5.03. The van der Waals surface area contributed by atoms with Crippen LogP contribution in [0.1, 0.15) is 70.2 Å². The molecule has 39 heavy (non-hydrogen) atoms. The van der Waals surface area contributed by atoms with Crippen molar-refractivity contribution in [2.24, 2.45) is 5.73 Å². The summed E-state index contributed by atoms with van der Waals surface area (Å²) in [5, 5.41) is 5.73. The molecule has 3 atom stereocenters. The number of alkyl carbamates (subject to hydrolysis) is 1. The second-order valence-electron chi connectivity index (χ2n) is 10.6. The van der Waals surface area contributed by atoms with Gasteiger partial charge in [0.25, 0.3) is 5.91 Å². The molecule has 0 aliphatic heterocycles. The highest BCUT2D eigenvalue weighted by atomic mass is 35.5. The first-order valence-corrected chi connectivity index (χ1v) is 13.2. The van der Waals surface area contributed by atoms with E-state index in [2.05, 4.69) is 10.6 Å². The molecule has 2 aromatic rings. The summed E-state index contributed by atoms with van der Waals surface area (Å²) in [5.74, 6) is -1.94. The molecule has 0 aliphatic rings. The Morgan fingerprint density at radius 2 is 1.72 bits per heavy atom. The maximum Gasteiger partial charge on any atom is 0.408 e. The third-order valence-electron chi connectivity index (χ3n) is 6.07. The molecule has 0 aliphatic carbocycles. The first kappa shape index (κ1) is 31.6. The zero-order valence-corrected chi connectivity index (χ0v) is 24.4. The van der Waals surface area contributed by atoms with Crippen LogP contribution in [0.15, 0.2) is 42.5 Å². The number of benzene rings is 2. The van der Waals surface area contributed by atoms with Gasteiger partial charge in [-0.25, -0.2) is 4.79 Å². The number of hydrogen-bond acceptors (Lipinski definition) is 5. The number of carbonyl (C=O) groups is 4. The highest BCUT2D eigenvalue weighted by molar-refractivity contribution is 6.34. The lowest BCUT2D eigenvalue weighted by molar-refractivity contribution is -0.144. The standard InChI is InChI=1S/C29H39ClN4O5/c1-8-19(4)34(27(37)22(16-23(31)35)32-28(38)39-29(5,6)7)25(20-13-9-11-17(2)15-20)26(36)33-24-18(3)12-10-14-21(24)30/h9-15,19,22,25H,8,16H2,1-7H3,(H2,31,35)(H,32,38)(H,33,36). The molecule has 2 aromatic carbocycles. The summed E-state index contributed by atoms with van der Waals surface area (Å²) in [4.78, 5) is 54.0. The molecule has 0 bridgehead atoms. The number of hydrogen-bond donors (Lipinski definition) is 3. The molecule has 0 radical (unpaired) electrons. The number of carbonyl (C=O) groups excluding carboxylic acids is 4. The average Bonchev–Trinajstić information content (AvgIpc) is 2.82. The monoisotopic (exact) mass is 558 g/mol. The van der Waals surface area contributed by atoms with E-state index in [1.54, 1.807) is 52.0 Å². The van der Waals surface area contributed by atoms with E-state index in [1.807, 2.05) is 39.0 Å².